The van der Waals surface area contributed by atoms with Crippen LogP contribution >= 0.6 is 0 Å². The Morgan fingerprint density at radius 2 is 1.65 bits per heavy atom. The molecule has 0 aliphatic carbocycles. The van der Waals surface area contributed by atoms with Crippen LogP contribution in [0.15, 0.2) is 54.9 Å². The Kier molecular flexibility index (Phi) is 3.02. The molecule has 0 spiro atoms. The molecule has 0 unspecified atom stereocenters. The molecule has 0 amide bonds. The lowest BCUT2D eigenvalue weighted by molar-refractivity contribution is -0.567. The Labute approximate surface area is 105 Å². The fourth-order valence-electron chi connectivity index (χ4n) is 1.88. The molecule has 3 aromatic rings. The van der Waals surface area contributed by atoms with Gasteiger partial charge in [-0.3, -0.25) is 0 Å². The van der Waals surface area contributed by atoms with Crippen molar-refractivity contribution in [2.45, 2.75) is 0 Å². The third kappa shape index (κ3) is 1.85. The van der Waals surface area contributed by atoms with Gasteiger partial charge in [-0.15, -0.1) is 0 Å². The van der Waals surface area contributed by atoms with E-state index in [-0.39, 0.29) is 18.2 Å². The number of para-hydroxylation sites is 4. The number of nitrogens with one attached hydrogen (secondary N) is 1. The van der Waals surface area contributed by atoms with Crippen molar-refractivity contribution in [2.75, 3.05) is 0 Å². The Morgan fingerprint density at radius 1 is 0.941 bits per heavy atom. The SMILES string of the molecule is Oc1ccccc1-[n+]1c[nH]c2ccccc21.[Cl-]. The van der Waals surface area contributed by atoms with Gasteiger partial charge >= 0.3 is 0 Å². The van der Waals surface area contributed by atoms with E-state index in [9.17, 15) is 5.11 Å². The summed E-state index contributed by atoms with van der Waals surface area (Å²) < 4.78 is 1.94. The summed E-state index contributed by atoms with van der Waals surface area (Å²) in [4.78, 5) is 3.17. The normalized spacial score (nSPS) is 10.1. The van der Waals surface area contributed by atoms with Gasteiger partial charge < -0.3 is 17.5 Å². The molecule has 2 N–H and O–H groups in total. The van der Waals surface area contributed by atoms with Crippen LogP contribution in [-0.2, 0) is 0 Å². The van der Waals surface area contributed by atoms with Gasteiger partial charge in [0, 0.05) is 0 Å². The lowest BCUT2D eigenvalue weighted by Crippen LogP contribution is -3.00. The molecule has 0 aliphatic heterocycles. The summed E-state index contributed by atoms with van der Waals surface area (Å²) in [7, 11) is 0. The number of hydrogen-bond donors (Lipinski definition) is 2. The van der Waals surface area contributed by atoms with Gasteiger partial charge in [0.05, 0.1) is 0 Å². The molecule has 3 rings (SSSR count). The second kappa shape index (κ2) is 4.47. The van der Waals surface area contributed by atoms with Crippen molar-refractivity contribution in [3.63, 3.8) is 0 Å². The van der Waals surface area contributed by atoms with Crippen molar-refractivity contribution in [2.24, 2.45) is 0 Å². The molecule has 0 fully saturated rings. The highest BCUT2D eigenvalue weighted by atomic mass is 35.5. The van der Waals surface area contributed by atoms with E-state index in [1.807, 2.05) is 53.4 Å². The number of aromatic nitrogens is 2. The molecule has 0 saturated heterocycles. The summed E-state index contributed by atoms with van der Waals surface area (Å²) in [6, 6.07) is 15.3. The van der Waals surface area contributed by atoms with Crippen molar-refractivity contribution in [1.82, 2.24) is 4.98 Å². The number of aromatic amines is 1. The summed E-state index contributed by atoms with van der Waals surface area (Å²) in [6.07, 6.45) is 1.85. The molecule has 4 heteroatoms. The number of hydrogen-bond acceptors (Lipinski definition) is 1. The van der Waals surface area contributed by atoms with E-state index >= 15 is 0 Å². The smallest absolute Gasteiger partial charge is 0.247 e. The van der Waals surface area contributed by atoms with Crippen LogP contribution in [0.5, 0.6) is 5.75 Å². The van der Waals surface area contributed by atoms with Gasteiger partial charge in [-0.25, -0.2) is 4.98 Å². The summed E-state index contributed by atoms with van der Waals surface area (Å²) in [5.74, 6) is 0.275. The van der Waals surface area contributed by atoms with Crippen LogP contribution < -0.4 is 17.0 Å². The molecule has 17 heavy (non-hydrogen) atoms. The van der Waals surface area contributed by atoms with Crippen molar-refractivity contribution < 1.29 is 22.1 Å². The Balaban J connectivity index is 0.00000108. The number of phenols is 1. The zero-order chi connectivity index (χ0) is 11.0. The monoisotopic (exact) mass is 246 g/mol. The van der Waals surface area contributed by atoms with Gasteiger partial charge in [-0.05, 0) is 24.3 Å². The number of benzene rings is 2. The molecule has 1 aromatic heterocycles. The molecular formula is C13H11ClN2O. The van der Waals surface area contributed by atoms with Gasteiger partial charge in [-0.2, -0.15) is 4.57 Å². The van der Waals surface area contributed by atoms with E-state index < -0.39 is 0 Å². The second-order valence-corrected chi connectivity index (χ2v) is 3.65. The molecule has 0 saturated carbocycles. The highest BCUT2D eigenvalue weighted by molar-refractivity contribution is 5.71. The molecule has 86 valence electrons. The lowest BCUT2D eigenvalue weighted by atomic mass is 10.2. The predicted octanol–water partition coefficient (Wildman–Crippen LogP) is -0.846. The summed E-state index contributed by atoms with van der Waals surface area (Å²) in [6.45, 7) is 0. The summed E-state index contributed by atoms with van der Waals surface area (Å²) >= 11 is 0. The number of halogens is 1. The van der Waals surface area contributed by atoms with Crippen LogP contribution in [0.3, 0.4) is 0 Å². The standard InChI is InChI=1S/C13H10N2O.ClH/c16-13-8-4-3-7-12(13)15-9-14-10-5-1-2-6-11(10)15;/h1-9,16H;1H. The summed E-state index contributed by atoms with van der Waals surface area (Å²) in [5.41, 5.74) is 2.87. The van der Waals surface area contributed by atoms with Gasteiger partial charge in [0.1, 0.15) is 0 Å². The van der Waals surface area contributed by atoms with Crippen molar-refractivity contribution in [1.29, 1.82) is 0 Å². The molecule has 0 radical (unpaired) electrons. The average molecular weight is 247 g/mol. The highest BCUT2D eigenvalue weighted by Gasteiger charge is 2.13. The van der Waals surface area contributed by atoms with Crippen molar-refractivity contribution in [3.8, 4) is 11.4 Å². The van der Waals surface area contributed by atoms with Crippen LogP contribution in [0.2, 0.25) is 0 Å². The molecule has 0 bridgehead atoms. The third-order valence-corrected chi connectivity index (χ3v) is 2.65. The minimum absolute atomic E-state index is 0. The van der Waals surface area contributed by atoms with Gasteiger partial charge in [0.2, 0.25) is 6.33 Å². The maximum atomic E-state index is 9.81. The number of phenolic OH excluding ortho intramolecular Hbond substituents is 1. The Morgan fingerprint density at radius 3 is 2.47 bits per heavy atom. The molecular weight excluding hydrogens is 236 g/mol. The first kappa shape index (κ1) is 11.5. The first-order chi connectivity index (χ1) is 7.86. The molecule has 0 aliphatic rings. The van der Waals surface area contributed by atoms with Crippen LogP contribution in [0.4, 0.5) is 0 Å². The largest absolute Gasteiger partial charge is 1.00 e. The van der Waals surface area contributed by atoms with Crippen molar-refractivity contribution >= 4 is 11.0 Å². The van der Waals surface area contributed by atoms with Crippen molar-refractivity contribution in [3.05, 3.63) is 54.9 Å². The second-order valence-electron chi connectivity index (χ2n) is 3.65. The lowest BCUT2D eigenvalue weighted by Gasteiger charge is -1.99. The first-order valence-electron chi connectivity index (χ1n) is 5.12. The van der Waals surface area contributed by atoms with E-state index in [0.29, 0.717) is 0 Å². The third-order valence-electron chi connectivity index (χ3n) is 2.65. The average Bonchev–Trinajstić information content (AvgIpc) is 2.74. The van der Waals surface area contributed by atoms with E-state index in [0.717, 1.165) is 16.7 Å². The van der Waals surface area contributed by atoms with Crippen LogP contribution in [-0.4, -0.2) is 10.1 Å². The maximum Gasteiger partial charge on any atom is 0.247 e. The number of aromatic hydroxyl groups is 1. The zero-order valence-electron chi connectivity index (χ0n) is 8.97. The Bertz CT molecular complexity index is 648. The van der Waals surface area contributed by atoms with Gasteiger partial charge in [-0.1, -0.05) is 24.3 Å². The summed E-state index contributed by atoms with van der Waals surface area (Å²) in [5, 5.41) is 9.81. The predicted molar refractivity (Wildman–Crippen MR) is 61.5 cm³/mol. The molecule has 3 nitrogen and oxygen atoms in total. The zero-order valence-corrected chi connectivity index (χ0v) is 9.72. The molecule has 1 heterocycles. The van der Waals surface area contributed by atoms with Crippen LogP contribution in [0.1, 0.15) is 0 Å². The van der Waals surface area contributed by atoms with E-state index in [4.69, 9.17) is 0 Å². The molecule has 2 aromatic carbocycles. The topological polar surface area (TPSA) is 39.9 Å². The van der Waals surface area contributed by atoms with Crippen LogP contribution in [0.25, 0.3) is 16.7 Å². The molecule has 0 atom stereocenters. The van der Waals surface area contributed by atoms with Crippen LogP contribution in [0, 0.1) is 0 Å². The number of nitrogens with zero attached hydrogens (tertiary/aromatic N) is 1. The van der Waals surface area contributed by atoms with Gasteiger partial charge in [0.15, 0.2) is 22.5 Å². The highest BCUT2D eigenvalue weighted by Crippen LogP contribution is 2.17. The maximum absolute atomic E-state index is 9.81. The number of imidazole rings is 1. The fraction of sp³-hybridized carbons (Fsp3) is 0. The quantitative estimate of drug-likeness (QED) is 0.540. The Hall–Kier alpha value is -2.00. The van der Waals surface area contributed by atoms with E-state index in [1.165, 1.54) is 0 Å². The van der Waals surface area contributed by atoms with E-state index in [2.05, 4.69) is 4.98 Å². The first-order valence-corrected chi connectivity index (χ1v) is 5.12. The van der Waals surface area contributed by atoms with E-state index in [1.54, 1.807) is 6.07 Å². The number of rotatable bonds is 1. The minimum Gasteiger partial charge on any atom is -1.00 e. The number of H-pyrrole nitrogens is 1. The number of fused-ring (bicyclic) bond motifs is 1. The van der Waals surface area contributed by atoms with Gasteiger partial charge in [0.25, 0.3) is 0 Å². The fourth-order valence-corrected chi connectivity index (χ4v) is 1.88. The minimum atomic E-state index is 0.